The van der Waals surface area contributed by atoms with E-state index in [-0.39, 0.29) is 21.2 Å². The van der Waals surface area contributed by atoms with Crippen LogP contribution in [0.3, 0.4) is 0 Å². The SMILES string of the molecule is CNS(=O)(=O)c1ccc(Cl)c(C(=O)NNC(=O)c2ccco2)c1. The van der Waals surface area contributed by atoms with Crippen LogP contribution in [-0.2, 0) is 10.0 Å². The summed E-state index contributed by atoms with van der Waals surface area (Å²) < 4.78 is 30.5. The molecule has 3 N–H and O–H groups in total. The monoisotopic (exact) mass is 357 g/mol. The third kappa shape index (κ3) is 3.89. The maximum Gasteiger partial charge on any atom is 0.305 e. The van der Waals surface area contributed by atoms with Crippen molar-refractivity contribution in [1.82, 2.24) is 15.6 Å². The fourth-order valence-corrected chi connectivity index (χ4v) is 2.57. The lowest BCUT2D eigenvalue weighted by Crippen LogP contribution is -2.41. The number of carbonyl (C=O) groups is 2. The van der Waals surface area contributed by atoms with Crippen LogP contribution < -0.4 is 15.6 Å². The molecule has 0 fully saturated rings. The van der Waals surface area contributed by atoms with Gasteiger partial charge in [0.2, 0.25) is 10.0 Å². The van der Waals surface area contributed by atoms with E-state index < -0.39 is 21.8 Å². The Balaban J connectivity index is 2.16. The first-order valence-corrected chi connectivity index (χ1v) is 8.08. The van der Waals surface area contributed by atoms with Gasteiger partial charge in [-0.25, -0.2) is 13.1 Å². The maximum atomic E-state index is 12.1. The summed E-state index contributed by atoms with van der Waals surface area (Å²) in [6, 6.07) is 6.55. The van der Waals surface area contributed by atoms with Gasteiger partial charge in [-0.3, -0.25) is 20.4 Å². The molecule has 8 nitrogen and oxygen atoms in total. The van der Waals surface area contributed by atoms with Gasteiger partial charge in [0.05, 0.1) is 21.7 Å². The molecule has 23 heavy (non-hydrogen) atoms. The van der Waals surface area contributed by atoms with E-state index in [4.69, 9.17) is 16.0 Å². The molecule has 0 aliphatic carbocycles. The third-order valence-electron chi connectivity index (χ3n) is 2.80. The summed E-state index contributed by atoms with van der Waals surface area (Å²) in [6.07, 6.45) is 1.31. The first-order chi connectivity index (χ1) is 10.8. The van der Waals surface area contributed by atoms with Gasteiger partial charge >= 0.3 is 5.91 Å². The van der Waals surface area contributed by atoms with Crippen molar-refractivity contribution in [1.29, 1.82) is 0 Å². The molecule has 0 saturated carbocycles. The minimum atomic E-state index is -3.73. The topological polar surface area (TPSA) is 118 Å². The van der Waals surface area contributed by atoms with Gasteiger partial charge < -0.3 is 4.42 Å². The van der Waals surface area contributed by atoms with E-state index in [1.54, 1.807) is 0 Å². The lowest BCUT2D eigenvalue weighted by molar-refractivity contribution is 0.0831. The van der Waals surface area contributed by atoms with Crippen LogP contribution in [-0.4, -0.2) is 27.3 Å². The second-order valence-electron chi connectivity index (χ2n) is 4.23. The Morgan fingerprint density at radius 3 is 2.43 bits per heavy atom. The Morgan fingerprint density at radius 2 is 1.83 bits per heavy atom. The smallest absolute Gasteiger partial charge is 0.305 e. The summed E-state index contributed by atoms with van der Waals surface area (Å²) in [5, 5.41) is 0.0322. The first kappa shape index (κ1) is 17.0. The second kappa shape index (κ2) is 6.82. The zero-order valence-corrected chi connectivity index (χ0v) is 13.4. The van der Waals surface area contributed by atoms with Gasteiger partial charge in [-0.05, 0) is 37.4 Å². The number of nitrogens with one attached hydrogen (secondary N) is 3. The number of sulfonamides is 1. The molecular weight excluding hydrogens is 346 g/mol. The largest absolute Gasteiger partial charge is 0.459 e. The molecule has 1 aromatic heterocycles. The highest BCUT2D eigenvalue weighted by Gasteiger charge is 2.18. The molecule has 1 heterocycles. The minimum absolute atomic E-state index is 0.00269. The number of furan rings is 1. The molecule has 0 bridgehead atoms. The van der Waals surface area contributed by atoms with Gasteiger partial charge in [0.15, 0.2) is 5.76 Å². The number of halogens is 1. The number of hydrogen-bond acceptors (Lipinski definition) is 5. The van der Waals surface area contributed by atoms with Crippen molar-refractivity contribution in [3.8, 4) is 0 Å². The number of hydrogen-bond donors (Lipinski definition) is 3. The normalized spacial score (nSPS) is 11.0. The van der Waals surface area contributed by atoms with E-state index in [9.17, 15) is 18.0 Å². The quantitative estimate of drug-likeness (QED) is 0.703. The number of amides is 2. The van der Waals surface area contributed by atoms with Crippen LogP contribution in [0, 0.1) is 0 Å². The summed E-state index contributed by atoms with van der Waals surface area (Å²) in [7, 11) is -2.49. The fourth-order valence-electron chi connectivity index (χ4n) is 1.61. The van der Waals surface area contributed by atoms with Crippen molar-refractivity contribution < 1.29 is 22.4 Å². The highest BCUT2D eigenvalue weighted by Crippen LogP contribution is 2.20. The Labute approximate surface area is 136 Å². The van der Waals surface area contributed by atoms with Crippen molar-refractivity contribution in [3.05, 3.63) is 52.9 Å². The molecule has 1 aromatic carbocycles. The standard InChI is InChI=1S/C13H12ClN3O5S/c1-15-23(20,21)8-4-5-10(14)9(7-8)12(18)16-17-13(19)11-3-2-6-22-11/h2-7,15H,1H3,(H,16,18)(H,17,19). The van der Waals surface area contributed by atoms with Gasteiger partial charge in [-0.2, -0.15) is 0 Å². The summed E-state index contributed by atoms with van der Waals surface area (Å²) in [5.41, 5.74) is 4.14. The van der Waals surface area contributed by atoms with Crippen molar-refractivity contribution in [3.63, 3.8) is 0 Å². The zero-order valence-electron chi connectivity index (χ0n) is 11.8. The molecule has 10 heteroatoms. The lowest BCUT2D eigenvalue weighted by Gasteiger charge is -2.09. The molecule has 0 aliphatic heterocycles. The Kier molecular flexibility index (Phi) is 5.04. The van der Waals surface area contributed by atoms with Crippen molar-refractivity contribution >= 4 is 33.4 Å². The number of benzene rings is 1. The molecule has 2 rings (SSSR count). The van der Waals surface area contributed by atoms with Crippen LogP contribution in [0.1, 0.15) is 20.9 Å². The molecule has 0 saturated heterocycles. The first-order valence-electron chi connectivity index (χ1n) is 6.22. The molecule has 0 atom stereocenters. The number of rotatable bonds is 4. The van der Waals surface area contributed by atoms with E-state index in [1.807, 2.05) is 0 Å². The average molecular weight is 358 g/mol. The maximum absolute atomic E-state index is 12.1. The zero-order chi connectivity index (χ0) is 17.0. The summed E-state index contributed by atoms with van der Waals surface area (Å²) in [5.74, 6) is -1.44. The summed E-state index contributed by atoms with van der Waals surface area (Å²) >= 11 is 5.89. The minimum Gasteiger partial charge on any atom is -0.459 e. The van der Waals surface area contributed by atoms with E-state index in [0.717, 1.165) is 6.07 Å². The van der Waals surface area contributed by atoms with Crippen LogP contribution in [0.5, 0.6) is 0 Å². The molecule has 2 aromatic rings. The highest BCUT2D eigenvalue weighted by atomic mass is 35.5. The summed E-state index contributed by atoms with van der Waals surface area (Å²) in [4.78, 5) is 23.6. The van der Waals surface area contributed by atoms with Crippen molar-refractivity contribution in [2.24, 2.45) is 0 Å². The van der Waals surface area contributed by atoms with Crippen LogP contribution in [0.25, 0.3) is 0 Å². The van der Waals surface area contributed by atoms with Crippen LogP contribution in [0.4, 0.5) is 0 Å². The third-order valence-corrected chi connectivity index (χ3v) is 4.54. The highest BCUT2D eigenvalue weighted by molar-refractivity contribution is 7.89. The second-order valence-corrected chi connectivity index (χ2v) is 6.53. The number of hydrazine groups is 1. The molecular formula is C13H12ClN3O5S. The Morgan fingerprint density at radius 1 is 1.13 bits per heavy atom. The molecule has 0 spiro atoms. The summed E-state index contributed by atoms with van der Waals surface area (Å²) in [6.45, 7) is 0. The molecule has 2 amide bonds. The van der Waals surface area contributed by atoms with Crippen LogP contribution in [0.2, 0.25) is 5.02 Å². The van der Waals surface area contributed by atoms with E-state index in [2.05, 4.69) is 15.6 Å². The van der Waals surface area contributed by atoms with Crippen LogP contribution in [0.15, 0.2) is 45.9 Å². The predicted octanol–water partition coefficient (Wildman–Crippen LogP) is 0.916. The Hall–Kier alpha value is -2.36. The number of carbonyl (C=O) groups excluding carboxylic acids is 2. The van der Waals surface area contributed by atoms with Crippen molar-refractivity contribution in [2.75, 3.05) is 7.05 Å². The van der Waals surface area contributed by atoms with Gasteiger partial charge in [0.25, 0.3) is 5.91 Å². The van der Waals surface area contributed by atoms with E-state index in [0.29, 0.717) is 0 Å². The van der Waals surface area contributed by atoms with E-state index in [1.165, 1.54) is 37.6 Å². The molecule has 0 unspecified atom stereocenters. The fraction of sp³-hybridized carbons (Fsp3) is 0.0769. The predicted molar refractivity (Wildman–Crippen MR) is 81.3 cm³/mol. The molecule has 0 aliphatic rings. The van der Waals surface area contributed by atoms with Crippen molar-refractivity contribution in [2.45, 2.75) is 4.90 Å². The molecule has 0 radical (unpaired) electrons. The molecule has 122 valence electrons. The average Bonchev–Trinajstić information content (AvgIpc) is 3.07. The Bertz CT molecular complexity index is 833. The lowest BCUT2D eigenvalue weighted by atomic mass is 10.2. The van der Waals surface area contributed by atoms with Gasteiger partial charge in [-0.1, -0.05) is 11.6 Å². The van der Waals surface area contributed by atoms with Gasteiger partial charge in [0.1, 0.15) is 0 Å². The van der Waals surface area contributed by atoms with Gasteiger partial charge in [0, 0.05) is 0 Å². The van der Waals surface area contributed by atoms with E-state index >= 15 is 0 Å². The van der Waals surface area contributed by atoms with Crippen LogP contribution >= 0.6 is 11.6 Å². The van der Waals surface area contributed by atoms with Gasteiger partial charge in [-0.15, -0.1) is 0 Å².